The van der Waals surface area contributed by atoms with Crippen molar-refractivity contribution < 1.29 is 18.4 Å². The van der Waals surface area contributed by atoms with Gasteiger partial charge < -0.3 is 14.2 Å². The maximum absolute atomic E-state index is 13.9. The Bertz CT molecular complexity index is 767. The van der Waals surface area contributed by atoms with Crippen molar-refractivity contribution in [3.05, 3.63) is 57.2 Å². The van der Waals surface area contributed by atoms with Gasteiger partial charge in [-0.15, -0.1) is 0 Å². The van der Waals surface area contributed by atoms with Crippen LogP contribution >= 0.6 is 27.5 Å². The average Bonchev–Trinajstić information content (AvgIpc) is 3.00. The Hall–Kier alpha value is -1.86. The number of rotatable bonds is 2. The molecule has 1 aliphatic heterocycles. The minimum atomic E-state index is -0.647. The van der Waals surface area contributed by atoms with Gasteiger partial charge in [0.25, 0.3) is 11.8 Å². The van der Waals surface area contributed by atoms with Crippen LogP contribution in [-0.2, 0) is 0 Å². The van der Waals surface area contributed by atoms with Crippen LogP contribution in [0.4, 0.5) is 4.39 Å². The van der Waals surface area contributed by atoms with Crippen LogP contribution in [-0.4, -0.2) is 47.8 Å². The number of halogens is 3. The number of carbonyl (C=O) groups is 2. The molecule has 8 heteroatoms. The van der Waals surface area contributed by atoms with Crippen LogP contribution < -0.4 is 0 Å². The average molecular weight is 416 g/mol. The van der Waals surface area contributed by atoms with Gasteiger partial charge in [0.05, 0.1) is 10.6 Å². The Balaban J connectivity index is 1.67. The summed E-state index contributed by atoms with van der Waals surface area (Å²) >= 11 is 9.09. The summed E-state index contributed by atoms with van der Waals surface area (Å²) in [5.41, 5.74) is -0.131. The molecule has 5 nitrogen and oxygen atoms in total. The molecule has 2 amide bonds. The predicted molar refractivity (Wildman–Crippen MR) is 89.6 cm³/mol. The number of nitrogens with zero attached hydrogens (tertiary/aromatic N) is 2. The summed E-state index contributed by atoms with van der Waals surface area (Å²) in [6, 6.07) is 7.36. The number of furan rings is 1. The van der Waals surface area contributed by atoms with Crippen LogP contribution in [0.1, 0.15) is 20.9 Å². The van der Waals surface area contributed by atoms with E-state index in [1.807, 2.05) is 0 Å². The highest BCUT2D eigenvalue weighted by Gasteiger charge is 2.28. The lowest BCUT2D eigenvalue weighted by Crippen LogP contribution is -2.50. The Kier molecular flexibility index (Phi) is 4.91. The molecule has 3 rings (SSSR count). The molecule has 0 atom stereocenters. The van der Waals surface area contributed by atoms with Crippen LogP contribution in [0.3, 0.4) is 0 Å². The lowest BCUT2D eigenvalue weighted by molar-refractivity contribution is 0.0515. The van der Waals surface area contributed by atoms with Crippen LogP contribution in [0.15, 0.2) is 39.4 Å². The molecule has 0 bridgehead atoms. The standard InChI is InChI=1S/C16H13BrClFN2O3/c17-13-5-4-12(24-13)15(22)20-6-8-21(9-7-20)16(23)14-10(18)2-1-3-11(14)19/h1-5H,6-9H2. The van der Waals surface area contributed by atoms with E-state index in [2.05, 4.69) is 15.9 Å². The van der Waals surface area contributed by atoms with Gasteiger partial charge >= 0.3 is 0 Å². The molecule has 126 valence electrons. The molecule has 24 heavy (non-hydrogen) atoms. The van der Waals surface area contributed by atoms with E-state index in [1.54, 1.807) is 17.0 Å². The van der Waals surface area contributed by atoms with E-state index in [1.165, 1.54) is 23.1 Å². The molecule has 0 saturated carbocycles. The Morgan fingerprint density at radius 3 is 2.21 bits per heavy atom. The maximum atomic E-state index is 13.9. The van der Waals surface area contributed by atoms with E-state index in [0.29, 0.717) is 30.8 Å². The van der Waals surface area contributed by atoms with Gasteiger partial charge in [-0.05, 0) is 40.2 Å². The fourth-order valence-electron chi connectivity index (χ4n) is 2.56. The molecule has 1 aromatic carbocycles. The Morgan fingerprint density at radius 2 is 1.67 bits per heavy atom. The number of amides is 2. The number of hydrogen-bond donors (Lipinski definition) is 0. The predicted octanol–water partition coefficient (Wildman–Crippen LogP) is 3.43. The molecular weight excluding hydrogens is 403 g/mol. The van der Waals surface area contributed by atoms with Crippen LogP contribution in [0.25, 0.3) is 0 Å². The zero-order chi connectivity index (χ0) is 17.3. The minimum Gasteiger partial charge on any atom is -0.444 e. The quantitative estimate of drug-likeness (QED) is 0.755. The molecule has 0 unspecified atom stereocenters. The second-order valence-electron chi connectivity index (χ2n) is 5.28. The van der Waals surface area contributed by atoms with E-state index < -0.39 is 11.7 Å². The van der Waals surface area contributed by atoms with E-state index in [0.717, 1.165) is 0 Å². The zero-order valence-electron chi connectivity index (χ0n) is 12.5. The molecule has 0 radical (unpaired) electrons. The molecule has 1 saturated heterocycles. The van der Waals surface area contributed by atoms with Crippen molar-refractivity contribution in [1.29, 1.82) is 0 Å². The highest BCUT2D eigenvalue weighted by atomic mass is 79.9. The second kappa shape index (κ2) is 6.94. The highest BCUT2D eigenvalue weighted by Crippen LogP contribution is 2.22. The topological polar surface area (TPSA) is 53.8 Å². The maximum Gasteiger partial charge on any atom is 0.289 e. The fraction of sp³-hybridized carbons (Fsp3) is 0.250. The van der Waals surface area contributed by atoms with E-state index in [9.17, 15) is 14.0 Å². The molecule has 0 spiro atoms. The van der Waals surface area contributed by atoms with Crippen molar-refractivity contribution in [3.63, 3.8) is 0 Å². The third-order valence-electron chi connectivity index (χ3n) is 3.81. The summed E-state index contributed by atoms with van der Waals surface area (Å²) in [4.78, 5) is 27.8. The molecular formula is C16H13BrClFN2O3. The summed E-state index contributed by atoms with van der Waals surface area (Å²) in [5.74, 6) is -1.12. The minimum absolute atomic E-state index is 0.0824. The number of hydrogen-bond acceptors (Lipinski definition) is 3. The van der Waals surface area contributed by atoms with Crippen LogP contribution in [0, 0.1) is 5.82 Å². The van der Waals surface area contributed by atoms with Crippen LogP contribution in [0.5, 0.6) is 0 Å². The normalized spacial score (nSPS) is 14.8. The first-order chi connectivity index (χ1) is 11.5. The smallest absolute Gasteiger partial charge is 0.289 e. The van der Waals surface area contributed by atoms with Crippen molar-refractivity contribution in [3.8, 4) is 0 Å². The SMILES string of the molecule is O=C(c1ccc(Br)o1)N1CCN(C(=O)c2c(F)cccc2Cl)CC1. The van der Waals surface area contributed by atoms with Crippen molar-refractivity contribution in [2.24, 2.45) is 0 Å². The number of carbonyl (C=O) groups excluding carboxylic acids is 2. The number of benzene rings is 1. The van der Waals surface area contributed by atoms with Gasteiger partial charge in [-0.3, -0.25) is 9.59 Å². The summed E-state index contributed by atoms with van der Waals surface area (Å²) in [6.07, 6.45) is 0. The summed E-state index contributed by atoms with van der Waals surface area (Å²) < 4.78 is 19.6. The second-order valence-corrected chi connectivity index (χ2v) is 6.47. The zero-order valence-corrected chi connectivity index (χ0v) is 14.8. The highest BCUT2D eigenvalue weighted by molar-refractivity contribution is 9.10. The first-order valence-corrected chi connectivity index (χ1v) is 8.42. The summed E-state index contributed by atoms with van der Waals surface area (Å²) in [5, 5.41) is 0.0824. The van der Waals surface area contributed by atoms with E-state index in [4.69, 9.17) is 16.0 Å². The van der Waals surface area contributed by atoms with Gasteiger partial charge in [0.1, 0.15) is 5.82 Å². The molecule has 0 N–H and O–H groups in total. The largest absolute Gasteiger partial charge is 0.444 e. The van der Waals surface area contributed by atoms with Gasteiger partial charge in [-0.1, -0.05) is 17.7 Å². The summed E-state index contributed by atoms with van der Waals surface area (Å²) in [7, 11) is 0. The van der Waals surface area contributed by atoms with Gasteiger partial charge in [-0.25, -0.2) is 4.39 Å². The monoisotopic (exact) mass is 414 g/mol. The van der Waals surface area contributed by atoms with Gasteiger partial charge in [-0.2, -0.15) is 0 Å². The first-order valence-electron chi connectivity index (χ1n) is 7.25. The van der Waals surface area contributed by atoms with E-state index in [-0.39, 0.29) is 22.3 Å². The Labute approximate surface area is 151 Å². The molecule has 1 aliphatic rings. The van der Waals surface area contributed by atoms with Crippen molar-refractivity contribution in [2.45, 2.75) is 0 Å². The van der Waals surface area contributed by atoms with Crippen molar-refractivity contribution in [1.82, 2.24) is 9.80 Å². The van der Waals surface area contributed by atoms with Gasteiger partial charge in [0, 0.05) is 26.2 Å². The molecule has 1 fully saturated rings. The molecule has 2 aromatic rings. The van der Waals surface area contributed by atoms with Crippen molar-refractivity contribution in [2.75, 3.05) is 26.2 Å². The third kappa shape index (κ3) is 3.32. The molecule has 1 aromatic heterocycles. The summed E-state index contributed by atoms with van der Waals surface area (Å²) in [6.45, 7) is 1.29. The third-order valence-corrected chi connectivity index (χ3v) is 4.56. The van der Waals surface area contributed by atoms with Crippen molar-refractivity contribution >= 4 is 39.3 Å². The molecule has 2 heterocycles. The Morgan fingerprint density at radius 1 is 1.04 bits per heavy atom. The first kappa shape index (κ1) is 17.0. The van der Waals surface area contributed by atoms with Gasteiger partial charge in [0.15, 0.2) is 10.4 Å². The van der Waals surface area contributed by atoms with E-state index >= 15 is 0 Å². The van der Waals surface area contributed by atoms with Crippen LogP contribution in [0.2, 0.25) is 5.02 Å². The van der Waals surface area contributed by atoms with Gasteiger partial charge in [0.2, 0.25) is 0 Å². The number of piperazine rings is 1. The fourth-order valence-corrected chi connectivity index (χ4v) is 3.11. The lowest BCUT2D eigenvalue weighted by atomic mass is 10.1. The lowest BCUT2D eigenvalue weighted by Gasteiger charge is -2.34. The molecule has 0 aliphatic carbocycles.